The van der Waals surface area contributed by atoms with Crippen LogP contribution >= 0.6 is 11.6 Å². The highest BCUT2D eigenvalue weighted by molar-refractivity contribution is 6.33. The molecule has 0 radical (unpaired) electrons. The van der Waals surface area contributed by atoms with Crippen molar-refractivity contribution in [3.63, 3.8) is 0 Å². The number of hydrogen-bond donors (Lipinski definition) is 2. The fourth-order valence-electron chi connectivity index (χ4n) is 1.98. The van der Waals surface area contributed by atoms with E-state index in [1.165, 1.54) is 11.1 Å². The van der Waals surface area contributed by atoms with E-state index >= 15 is 0 Å². The standard InChI is InChI=1S/C16H17ClN2O/c1-11-3-2-4-12(9-11)7-8-19-16(20)13-5-6-14(17)15(18)10-13/h2-6,9-10H,7-8,18H2,1H3,(H,19,20). The zero-order valence-corrected chi connectivity index (χ0v) is 12.1. The lowest BCUT2D eigenvalue weighted by Gasteiger charge is -2.07. The normalized spacial score (nSPS) is 10.3. The first-order chi connectivity index (χ1) is 9.56. The maximum atomic E-state index is 12.0. The predicted molar refractivity (Wildman–Crippen MR) is 83.1 cm³/mol. The zero-order valence-electron chi connectivity index (χ0n) is 11.3. The lowest BCUT2D eigenvalue weighted by molar-refractivity contribution is 0.0954. The molecule has 3 nitrogen and oxygen atoms in total. The topological polar surface area (TPSA) is 55.1 Å². The number of carbonyl (C=O) groups excluding carboxylic acids is 1. The van der Waals surface area contributed by atoms with E-state index in [2.05, 4.69) is 30.4 Å². The first kappa shape index (κ1) is 14.4. The van der Waals surface area contributed by atoms with Gasteiger partial charge in [-0.2, -0.15) is 0 Å². The maximum Gasteiger partial charge on any atom is 0.251 e. The molecule has 0 saturated heterocycles. The highest BCUT2D eigenvalue weighted by Crippen LogP contribution is 2.19. The van der Waals surface area contributed by atoms with Gasteiger partial charge >= 0.3 is 0 Å². The quantitative estimate of drug-likeness (QED) is 0.849. The summed E-state index contributed by atoms with van der Waals surface area (Å²) in [6, 6.07) is 13.1. The van der Waals surface area contributed by atoms with E-state index in [-0.39, 0.29) is 5.91 Å². The van der Waals surface area contributed by atoms with Crippen LogP contribution in [0.25, 0.3) is 0 Å². The average molecular weight is 289 g/mol. The largest absolute Gasteiger partial charge is 0.398 e. The third-order valence-corrected chi connectivity index (χ3v) is 3.38. The molecule has 0 spiro atoms. The second-order valence-corrected chi connectivity index (χ2v) is 5.14. The van der Waals surface area contributed by atoms with E-state index < -0.39 is 0 Å². The van der Waals surface area contributed by atoms with Crippen LogP contribution in [0.15, 0.2) is 42.5 Å². The van der Waals surface area contributed by atoms with E-state index in [4.69, 9.17) is 17.3 Å². The second kappa shape index (κ2) is 6.44. The molecule has 1 amide bonds. The van der Waals surface area contributed by atoms with E-state index in [1.54, 1.807) is 18.2 Å². The molecular weight excluding hydrogens is 272 g/mol. The number of aryl methyl sites for hydroxylation is 1. The van der Waals surface area contributed by atoms with E-state index in [0.717, 1.165) is 6.42 Å². The molecular formula is C16H17ClN2O. The van der Waals surface area contributed by atoms with Crippen LogP contribution < -0.4 is 11.1 Å². The van der Waals surface area contributed by atoms with Crippen LogP contribution in [-0.2, 0) is 6.42 Å². The Morgan fingerprint density at radius 1 is 1.25 bits per heavy atom. The van der Waals surface area contributed by atoms with Crippen molar-refractivity contribution >= 4 is 23.2 Å². The number of hydrogen-bond acceptors (Lipinski definition) is 2. The summed E-state index contributed by atoms with van der Waals surface area (Å²) in [7, 11) is 0. The molecule has 0 fully saturated rings. The van der Waals surface area contributed by atoms with Crippen molar-refractivity contribution in [3.8, 4) is 0 Å². The number of carbonyl (C=O) groups is 1. The molecule has 0 aliphatic carbocycles. The van der Waals surface area contributed by atoms with Gasteiger partial charge in [0.25, 0.3) is 5.91 Å². The van der Waals surface area contributed by atoms with Crippen molar-refractivity contribution in [1.82, 2.24) is 5.32 Å². The number of nitrogen functional groups attached to an aromatic ring is 1. The summed E-state index contributed by atoms with van der Waals surface area (Å²) in [5.41, 5.74) is 9.05. The third kappa shape index (κ3) is 3.75. The van der Waals surface area contributed by atoms with Gasteiger partial charge in [-0.15, -0.1) is 0 Å². The molecule has 0 aliphatic heterocycles. The lowest BCUT2D eigenvalue weighted by Crippen LogP contribution is -2.25. The highest BCUT2D eigenvalue weighted by Gasteiger charge is 2.06. The van der Waals surface area contributed by atoms with Gasteiger partial charge in [0.2, 0.25) is 0 Å². The molecule has 20 heavy (non-hydrogen) atoms. The maximum absolute atomic E-state index is 12.0. The van der Waals surface area contributed by atoms with Gasteiger partial charge in [0, 0.05) is 12.1 Å². The number of amides is 1. The Morgan fingerprint density at radius 2 is 2.05 bits per heavy atom. The van der Waals surface area contributed by atoms with Gasteiger partial charge in [0.15, 0.2) is 0 Å². The molecule has 2 aromatic rings. The van der Waals surface area contributed by atoms with Crippen molar-refractivity contribution < 1.29 is 4.79 Å². The number of benzene rings is 2. The summed E-state index contributed by atoms with van der Waals surface area (Å²) in [4.78, 5) is 12.0. The van der Waals surface area contributed by atoms with Crippen molar-refractivity contribution in [2.45, 2.75) is 13.3 Å². The number of halogens is 1. The SMILES string of the molecule is Cc1cccc(CCNC(=O)c2ccc(Cl)c(N)c2)c1. The minimum Gasteiger partial charge on any atom is -0.398 e. The number of nitrogens with one attached hydrogen (secondary N) is 1. The molecule has 2 aromatic carbocycles. The first-order valence-corrected chi connectivity index (χ1v) is 6.83. The van der Waals surface area contributed by atoms with E-state index in [0.29, 0.717) is 22.8 Å². The zero-order chi connectivity index (χ0) is 14.5. The molecule has 0 unspecified atom stereocenters. The summed E-state index contributed by atoms with van der Waals surface area (Å²) >= 11 is 5.83. The molecule has 0 aliphatic rings. The third-order valence-electron chi connectivity index (χ3n) is 3.04. The van der Waals surface area contributed by atoms with E-state index in [9.17, 15) is 4.79 Å². The Kier molecular flexibility index (Phi) is 4.64. The molecule has 0 saturated carbocycles. The van der Waals surface area contributed by atoms with Gasteiger partial charge in [-0.1, -0.05) is 41.4 Å². The van der Waals surface area contributed by atoms with Crippen LogP contribution in [0.4, 0.5) is 5.69 Å². The smallest absolute Gasteiger partial charge is 0.251 e. The van der Waals surface area contributed by atoms with Gasteiger partial charge < -0.3 is 11.1 Å². The molecule has 3 N–H and O–H groups in total. The van der Waals surface area contributed by atoms with Crippen LogP contribution in [0.2, 0.25) is 5.02 Å². The van der Waals surface area contributed by atoms with Crippen LogP contribution in [0.5, 0.6) is 0 Å². The Morgan fingerprint density at radius 3 is 2.75 bits per heavy atom. The van der Waals surface area contributed by atoms with Crippen LogP contribution in [0.3, 0.4) is 0 Å². The average Bonchev–Trinajstić information content (AvgIpc) is 2.42. The van der Waals surface area contributed by atoms with Gasteiger partial charge in [-0.3, -0.25) is 4.79 Å². The minimum atomic E-state index is -0.138. The van der Waals surface area contributed by atoms with Gasteiger partial charge in [0.05, 0.1) is 10.7 Å². The predicted octanol–water partition coefficient (Wildman–Crippen LogP) is 3.20. The Labute approximate surface area is 123 Å². The van der Waals surface area contributed by atoms with Crippen LogP contribution in [0, 0.1) is 6.92 Å². The molecule has 2 rings (SSSR count). The molecule has 0 aromatic heterocycles. The lowest BCUT2D eigenvalue weighted by atomic mass is 10.1. The monoisotopic (exact) mass is 288 g/mol. The van der Waals surface area contributed by atoms with Gasteiger partial charge in [-0.05, 0) is 37.1 Å². The molecule has 0 heterocycles. The summed E-state index contributed by atoms with van der Waals surface area (Å²) in [6.45, 7) is 2.64. The second-order valence-electron chi connectivity index (χ2n) is 4.73. The number of anilines is 1. The van der Waals surface area contributed by atoms with Crippen molar-refractivity contribution in [2.75, 3.05) is 12.3 Å². The van der Waals surface area contributed by atoms with Gasteiger partial charge in [0.1, 0.15) is 0 Å². The summed E-state index contributed by atoms with van der Waals surface area (Å²) in [5, 5.41) is 3.34. The molecule has 4 heteroatoms. The van der Waals surface area contributed by atoms with Crippen LogP contribution in [-0.4, -0.2) is 12.5 Å². The highest BCUT2D eigenvalue weighted by atomic mass is 35.5. The Bertz CT molecular complexity index is 626. The molecule has 0 bridgehead atoms. The summed E-state index contributed by atoms with van der Waals surface area (Å²) in [5.74, 6) is -0.138. The minimum absolute atomic E-state index is 0.138. The number of rotatable bonds is 4. The van der Waals surface area contributed by atoms with Crippen molar-refractivity contribution in [2.24, 2.45) is 0 Å². The summed E-state index contributed by atoms with van der Waals surface area (Å²) < 4.78 is 0. The summed E-state index contributed by atoms with van der Waals surface area (Å²) in [6.07, 6.45) is 0.802. The Balaban J connectivity index is 1.90. The number of nitrogens with two attached hydrogens (primary N) is 1. The molecule has 0 atom stereocenters. The molecule has 104 valence electrons. The fourth-order valence-corrected chi connectivity index (χ4v) is 2.09. The first-order valence-electron chi connectivity index (χ1n) is 6.45. The van der Waals surface area contributed by atoms with Crippen molar-refractivity contribution in [1.29, 1.82) is 0 Å². The Hall–Kier alpha value is -2.00. The van der Waals surface area contributed by atoms with Crippen molar-refractivity contribution in [3.05, 3.63) is 64.2 Å². The van der Waals surface area contributed by atoms with E-state index in [1.807, 2.05) is 6.07 Å². The van der Waals surface area contributed by atoms with Crippen LogP contribution in [0.1, 0.15) is 21.5 Å². The fraction of sp³-hybridized carbons (Fsp3) is 0.188. The van der Waals surface area contributed by atoms with Gasteiger partial charge in [-0.25, -0.2) is 0 Å².